The highest BCUT2D eigenvalue weighted by atomic mass is 32.2. The predicted molar refractivity (Wildman–Crippen MR) is 87.2 cm³/mol. The first-order valence-electron chi connectivity index (χ1n) is 6.97. The number of aromatic nitrogens is 4. The highest BCUT2D eigenvalue weighted by molar-refractivity contribution is 7.92. The normalized spacial score (nSPS) is 12.0. The van der Waals surface area contributed by atoms with Crippen molar-refractivity contribution in [1.82, 2.24) is 19.6 Å². The number of fused-ring (bicyclic) bond motifs is 1. The number of benzene rings is 1. The third-order valence-corrected chi connectivity index (χ3v) is 5.54. The Balaban J connectivity index is 2.12. The Morgan fingerprint density at radius 3 is 2.65 bits per heavy atom. The van der Waals surface area contributed by atoms with E-state index in [-0.39, 0.29) is 10.8 Å². The topological polar surface area (TPSA) is 115 Å². The number of nitrogen functional groups attached to an aromatic ring is 1. The second kappa shape index (κ2) is 5.51. The zero-order chi connectivity index (χ0) is 16.6. The maximum Gasteiger partial charge on any atom is 0.233 e. The van der Waals surface area contributed by atoms with Crippen molar-refractivity contribution in [2.75, 3.05) is 11.1 Å². The summed E-state index contributed by atoms with van der Waals surface area (Å²) in [7, 11) is -3.44. The van der Waals surface area contributed by atoms with E-state index in [2.05, 4.69) is 20.4 Å². The van der Waals surface area contributed by atoms with Gasteiger partial charge in [0.2, 0.25) is 11.9 Å². The van der Waals surface area contributed by atoms with Crippen LogP contribution in [0.4, 0.5) is 17.6 Å². The first kappa shape index (κ1) is 15.2. The smallest absolute Gasteiger partial charge is 0.233 e. The van der Waals surface area contributed by atoms with Crippen molar-refractivity contribution in [3.05, 3.63) is 36.5 Å². The van der Waals surface area contributed by atoms with Crippen molar-refractivity contribution < 1.29 is 8.42 Å². The largest absolute Gasteiger partial charge is 0.368 e. The third-order valence-electron chi connectivity index (χ3n) is 3.33. The molecule has 1 aromatic carbocycles. The molecule has 0 aliphatic carbocycles. The van der Waals surface area contributed by atoms with Crippen LogP contribution in [-0.2, 0) is 9.84 Å². The summed E-state index contributed by atoms with van der Waals surface area (Å²) in [5.74, 6) is 0.369. The van der Waals surface area contributed by atoms with E-state index >= 15 is 0 Å². The van der Waals surface area contributed by atoms with Crippen LogP contribution in [0.15, 0.2) is 41.4 Å². The highest BCUT2D eigenvalue weighted by Crippen LogP contribution is 2.27. The standard InChI is InChI=1S/C14H16N6O2S/c1-9(2)23(21,22)11-6-4-3-5-10(11)17-14-19-13(15)18-12-7-8-16-20(12)14/h3-9H,1-2H3,(H3,15,17,18,19). The molecule has 3 rings (SSSR count). The molecule has 0 fully saturated rings. The number of nitrogens with two attached hydrogens (primary N) is 1. The Hall–Kier alpha value is -2.68. The van der Waals surface area contributed by atoms with E-state index in [1.807, 2.05) is 0 Å². The molecule has 2 aromatic heterocycles. The molecule has 120 valence electrons. The molecule has 3 N–H and O–H groups in total. The van der Waals surface area contributed by atoms with E-state index < -0.39 is 15.1 Å². The van der Waals surface area contributed by atoms with E-state index in [4.69, 9.17) is 5.73 Å². The molecule has 8 nitrogen and oxygen atoms in total. The molecule has 0 bridgehead atoms. The second-order valence-corrected chi connectivity index (χ2v) is 7.69. The average Bonchev–Trinajstić information content (AvgIpc) is 2.95. The minimum absolute atomic E-state index is 0.0738. The number of anilines is 3. The minimum Gasteiger partial charge on any atom is -0.368 e. The summed E-state index contributed by atoms with van der Waals surface area (Å²) in [6.45, 7) is 3.28. The van der Waals surface area contributed by atoms with Crippen LogP contribution < -0.4 is 11.1 Å². The molecule has 0 atom stereocenters. The molecule has 0 saturated heterocycles. The third kappa shape index (κ3) is 2.70. The molecule has 0 unspecified atom stereocenters. The van der Waals surface area contributed by atoms with Crippen LogP contribution in [0, 0.1) is 0 Å². The summed E-state index contributed by atoms with van der Waals surface area (Å²) in [6, 6.07) is 8.33. The van der Waals surface area contributed by atoms with E-state index in [1.165, 1.54) is 4.52 Å². The second-order valence-electron chi connectivity index (χ2n) is 5.22. The Morgan fingerprint density at radius 2 is 1.91 bits per heavy atom. The van der Waals surface area contributed by atoms with Gasteiger partial charge in [0.25, 0.3) is 0 Å². The van der Waals surface area contributed by atoms with Crippen LogP contribution in [0.25, 0.3) is 5.65 Å². The number of para-hydroxylation sites is 1. The lowest BCUT2D eigenvalue weighted by Crippen LogP contribution is -2.16. The van der Waals surface area contributed by atoms with Crippen LogP contribution in [0.5, 0.6) is 0 Å². The van der Waals surface area contributed by atoms with Crippen molar-refractivity contribution in [1.29, 1.82) is 0 Å². The van der Waals surface area contributed by atoms with Crippen molar-refractivity contribution in [2.45, 2.75) is 24.0 Å². The number of nitrogens with one attached hydrogen (secondary N) is 1. The Labute approximate surface area is 133 Å². The molecule has 0 saturated carbocycles. The van der Waals surface area contributed by atoms with E-state index in [9.17, 15) is 8.42 Å². The van der Waals surface area contributed by atoms with Crippen molar-refractivity contribution in [2.24, 2.45) is 0 Å². The Bertz CT molecular complexity index is 964. The summed E-state index contributed by atoms with van der Waals surface area (Å²) in [5, 5.41) is 6.56. The number of rotatable bonds is 4. The van der Waals surface area contributed by atoms with Gasteiger partial charge in [-0.2, -0.15) is 19.6 Å². The fourth-order valence-corrected chi connectivity index (χ4v) is 3.32. The highest BCUT2D eigenvalue weighted by Gasteiger charge is 2.23. The number of sulfone groups is 1. The van der Waals surface area contributed by atoms with Gasteiger partial charge in [-0.25, -0.2) is 8.42 Å². The maximum atomic E-state index is 12.5. The molecule has 23 heavy (non-hydrogen) atoms. The summed E-state index contributed by atoms with van der Waals surface area (Å²) in [5.41, 5.74) is 6.62. The molecule has 2 heterocycles. The lowest BCUT2D eigenvalue weighted by atomic mass is 10.3. The summed E-state index contributed by atoms with van der Waals surface area (Å²) >= 11 is 0. The average molecular weight is 332 g/mol. The summed E-state index contributed by atoms with van der Waals surface area (Å²) in [4.78, 5) is 8.35. The summed E-state index contributed by atoms with van der Waals surface area (Å²) < 4.78 is 26.5. The number of hydrogen-bond donors (Lipinski definition) is 2. The lowest BCUT2D eigenvalue weighted by molar-refractivity contribution is 0.587. The molecule has 0 aliphatic heterocycles. The van der Waals surface area contributed by atoms with Gasteiger partial charge in [0.15, 0.2) is 15.5 Å². The van der Waals surface area contributed by atoms with E-state index in [0.717, 1.165) is 0 Å². The van der Waals surface area contributed by atoms with Gasteiger partial charge >= 0.3 is 0 Å². The quantitative estimate of drug-likeness (QED) is 0.746. The number of nitrogens with zero attached hydrogens (tertiary/aromatic N) is 4. The fraction of sp³-hybridized carbons (Fsp3) is 0.214. The van der Waals surface area contributed by atoms with Crippen LogP contribution in [0.3, 0.4) is 0 Å². The van der Waals surface area contributed by atoms with Crippen LogP contribution in [0.2, 0.25) is 0 Å². The van der Waals surface area contributed by atoms with Crippen molar-refractivity contribution >= 4 is 33.1 Å². The van der Waals surface area contributed by atoms with E-state index in [1.54, 1.807) is 50.4 Å². The van der Waals surface area contributed by atoms with Crippen LogP contribution >= 0.6 is 0 Å². The van der Waals surface area contributed by atoms with Gasteiger partial charge in [0.1, 0.15) is 0 Å². The van der Waals surface area contributed by atoms with Gasteiger partial charge in [0, 0.05) is 6.07 Å². The lowest BCUT2D eigenvalue weighted by Gasteiger charge is -2.14. The molecule has 3 aromatic rings. The molecular weight excluding hydrogens is 316 g/mol. The monoisotopic (exact) mass is 332 g/mol. The van der Waals surface area contributed by atoms with Crippen LogP contribution in [-0.4, -0.2) is 33.2 Å². The Morgan fingerprint density at radius 1 is 1.17 bits per heavy atom. The van der Waals surface area contributed by atoms with Gasteiger partial charge < -0.3 is 11.1 Å². The van der Waals surface area contributed by atoms with Crippen LogP contribution in [0.1, 0.15) is 13.8 Å². The molecular formula is C14H16N6O2S. The summed E-state index contributed by atoms with van der Waals surface area (Å²) in [6.07, 6.45) is 1.56. The fourth-order valence-electron chi connectivity index (χ4n) is 2.12. The zero-order valence-corrected chi connectivity index (χ0v) is 13.4. The molecule has 0 radical (unpaired) electrons. The Kier molecular flexibility index (Phi) is 3.64. The van der Waals surface area contributed by atoms with Gasteiger partial charge in [-0.3, -0.25) is 0 Å². The predicted octanol–water partition coefficient (Wildman–Crippen LogP) is 1.63. The van der Waals surface area contributed by atoms with Gasteiger partial charge in [-0.15, -0.1) is 0 Å². The van der Waals surface area contributed by atoms with Gasteiger partial charge in [-0.1, -0.05) is 12.1 Å². The van der Waals surface area contributed by atoms with Crippen molar-refractivity contribution in [3.63, 3.8) is 0 Å². The number of hydrogen-bond acceptors (Lipinski definition) is 7. The molecule has 9 heteroatoms. The molecule has 0 spiro atoms. The minimum atomic E-state index is -3.44. The molecule has 0 amide bonds. The first-order valence-corrected chi connectivity index (χ1v) is 8.51. The molecule has 0 aliphatic rings. The van der Waals surface area contributed by atoms with Gasteiger partial charge in [0.05, 0.1) is 22.0 Å². The SMILES string of the molecule is CC(C)S(=O)(=O)c1ccccc1Nc1nc(N)nc2ccnn12. The maximum absolute atomic E-state index is 12.5. The van der Waals surface area contributed by atoms with Gasteiger partial charge in [-0.05, 0) is 26.0 Å². The van der Waals surface area contributed by atoms with Crippen molar-refractivity contribution in [3.8, 4) is 0 Å². The van der Waals surface area contributed by atoms with E-state index in [0.29, 0.717) is 17.3 Å². The first-order chi connectivity index (χ1) is 10.9. The zero-order valence-electron chi connectivity index (χ0n) is 12.6.